The number of aromatic nitrogens is 3. The lowest BCUT2D eigenvalue weighted by Gasteiger charge is -2.17. The molecular weight excluding hydrogens is 390 g/mol. The Hall–Kier alpha value is -3.41. The fraction of sp³-hybridized carbons (Fsp3) is 0.320. The summed E-state index contributed by atoms with van der Waals surface area (Å²) in [7, 11) is 0. The number of aromatic carboxylic acids is 1. The number of carbonyl (C=O) groups excluding carboxylic acids is 1. The van der Waals surface area contributed by atoms with E-state index < -0.39 is 5.97 Å². The molecule has 0 spiro atoms. The number of imidazole rings is 1. The number of rotatable bonds is 4. The van der Waals surface area contributed by atoms with E-state index in [1.54, 1.807) is 6.07 Å². The number of aryl methyl sites for hydroxylation is 1. The molecule has 0 unspecified atom stereocenters. The van der Waals surface area contributed by atoms with Crippen molar-refractivity contribution in [1.82, 2.24) is 14.1 Å². The molecule has 1 N–H and O–H groups in total. The largest absolute Gasteiger partial charge is 0.478 e. The van der Waals surface area contributed by atoms with Gasteiger partial charge in [-0.25, -0.2) is 9.78 Å². The standard InChI is InChI=1S/C23H19N3O3.C2H6/c27-20-7-8-25-21-16(20)9-15(23(28)29)10-17(21)24-22(25)19-11-14-3-1-2-4-18(14)26(19)12-13-5-6-13;1-2/h1-4,9-11,13H,5-8,12H2,(H,28,29);1-2H3. The van der Waals surface area contributed by atoms with Crippen LogP contribution in [0.5, 0.6) is 0 Å². The van der Waals surface area contributed by atoms with Crippen molar-refractivity contribution in [3.63, 3.8) is 0 Å². The quantitative estimate of drug-likeness (QED) is 0.485. The number of para-hydroxylation sites is 1. The molecule has 2 aliphatic rings. The molecule has 0 atom stereocenters. The third-order valence-corrected chi connectivity index (χ3v) is 6.13. The highest BCUT2D eigenvalue weighted by Crippen LogP contribution is 2.38. The Bertz CT molecular complexity index is 1340. The molecule has 0 saturated heterocycles. The van der Waals surface area contributed by atoms with Gasteiger partial charge in [0.25, 0.3) is 0 Å². The second kappa shape index (κ2) is 7.38. The molecule has 6 rings (SSSR count). The summed E-state index contributed by atoms with van der Waals surface area (Å²) in [6.45, 7) is 5.52. The molecule has 0 amide bonds. The number of Topliss-reactive ketones (excluding diaryl/α,β-unsaturated/α-hetero) is 1. The minimum atomic E-state index is -1.04. The fourth-order valence-electron chi connectivity index (χ4n) is 4.52. The molecule has 1 aliphatic heterocycles. The number of carboxylic acids is 1. The highest BCUT2D eigenvalue weighted by atomic mass is 16.4. The molecule has 3 heterocycles. The first kappa shape index (κ1) is 19.5. The van der Waals surface area contributed by atoms with Crippen molar-refractivity contribution >= 4 is 33.7 Å². The van der Waals surface area contributed by atoms with Crippen molar-refractivity contribution in [2.24, 2.45) is 5.92 Å². The van der Waals surface area contributed by atoms with Crippen LogP contribution < -0.4 is 0 Å². The monoisotopic (exact) mass is 415 g/mol. The van der Waals surface area contributed by atoms with Crippen molar-refractivity contribution in [3.05, 3.63) is 53.6 Å². The van der Waals surface area contributed by atoms with Gasteiger partial charge >= 0.3 is 5.97 Å². The van der Waals surface area contributed by atoms with Gasteiger partial charge < -0.3 is 14.2 Å². The highest BCUT2D eigenvalue weighted by molar-refractivity contribution is 6.10. The predicted octanol–water partition coefficient (Wildman–Crippen LogP) is 5.38. The Labute approximate surface area is 180 Å². The average molecular weight is 415 g/mol. The van der Waals surface area contributed by atoms with Crippen LogP contribution in [-0.4, -0.2) is 31.0 Å². The van der Waals surface area contributed by atoms with Crippen molar-refractivity contribution in [1.29, 1.82) is 0 Å². The molecule has 0 bridgehead atoms. The Morgan fingerprint density at radius 1 is 1.16 bits per heavy atom. The minimum absolute atomic E-state index is 0.0180. The fourth-order valence-corrected chi connectivity index (χ4v) is 4.52. The van der Waals surface area contributed by atoms with E-state index in [-0.39, 0.29) is 11.3 Å². The second-order valence-corrected chi connectivity index (χ2v) is 8.10. The summed E-state index contributed by atoms with van der Waals surface area (Å²) in [4.78, 5) is 28.9. The maximum Gasteiger partial charge on any atom is 0.335 e. The van der Waals surface area contributed by atoms with E-state index in [1.807, 2.05) is 19.9 Å². The van der Waals surface area contributed by atoms with Crippen LogP contribution in [0.1, 0.15) is 53.8 Å². The van der Waals surface area contributed by atoms with Gasteiger partial charge in [-0.1, -0.05) is 32.0 Å². The summed E-state index contributed by atoms with van der Waals surface area (Å²) in [5.74, 6) is 0.454. The Kier molecular flexibility index (Phi) is 4.65. The maximum absolute atomic E-state index is 12.5. The van der Waals surface area contributed by atoms with E-state index in [9.17, 15) is 14.7 Å². The number of fused-ring (bicyclic) bond motifs is 1. The van der Waals surface area contributed by atoms with Crippen LogP contribution in [0, 0.1) is 5.92 Å². The first-order valence-electron chi connectivity index (χ1n) is 11.0. The van der Waals surface area contributed by atoms with E-state index in [2.05, 4.69) is 33.4 Å². The predicted molar refractivity (Wildman–Crippen MR) is 121 cm³/mol. The molecule has 1 fully saturated rings. The zero-order valence-corrected chi connectivity index (χ0v) is 17.8. The first-order chi connectivity index (χ1) is 15.1. The van der Waals surface area contributed by atoms with Crippen LogP contribution >= 0.6 is 0 Å². The summed E-state index contributed by atoms with van der Waals surface area (Å²) < 4.78 is 4.43. The number of benzene rings is 2. The zero-order valence-electron chi connectivity index (χ0n) is 17.8. The van der Waals surface area contributed by atoms with Crippen LogP contribution in [0.4, 0.5) is 0 Å². The topological polar surface area (TPSA) is 77.1 Å². The first-order valence-corrected chi connectivity index (χ1v) is 11.0. The molecule has 0 radical (unpaired) electrons. The molecule has 158 valence electrons. The molecule has 2 aromatic heterocycles. The van der Waals surface area contributed by atoms with Crippen LogP contribution in [-0.2, 0) is 13.1 Å². The van der Waals surface area contributed by atoms with Crippen molar-refractivity contribution in [2.75, 3.05) is 0 Å². The Balaban J connectivity index is 0.000000994. The summed E-state index contributed by atoms with van der Waals surface area (Å²) in [5, 5.41) is 10.6. The lowest BCUT2D eigenvalue weighted by molar-refractivity contribution is 0.0697. The maximum atomic E-state index is 12.5. The van der Waals surface area contributed by atoms with Crippen LogP contribution in [0.25, 0.3) is 33.5 Å². The van der Waals surface area contributed by atoms with E-state index in [4.69, 9.17) is 4.98 Å². The zero-order chi connectivity index (χ0) is 21.7. The van der Waals surface area contributed by atoms with Gasteiger partial charge in [0, 0.05) is 36.0 Å². The van der Waals surface area contributed by atoms with Gasteiger partial charge in [0.15, 0.2) is 11.6 Å². The summed E-state index contributed by atoms with van der Waals surface area (Å²) in [6.07, 6.45) is 2.86. The lowest BCUT2D eigenvalue weighted by atomic mass is 10.00. The Morgan fingerprint density at radius 3 is 2.68 bits per heavy atom. The third-order valence-electron chi connectivity index (χ3n) is 6.13. The number of ketones is 1. The van der Waals surface area contributed by atoms with Gasteiger partial charge in [0.05, 0.1) is 22.3 Å². The van der Waals surface area contributed by atoms with E-state index in [1.165, 1.54) is 29.8 Å². The number of hydrogen-bond acceptors (Lipinski definition) is 3. The molecule has 1 aliphatic carbocycles. The van der Waals surface area contributed by atoms with Crippen molar-refractivity contribution < 1.29 is 14.7 Å². The van der Waals surface area contributed by atoms with Gasteiger partial charge in [0.2, 0.25) is 0 Å². The summed E-state index contributed by atoms with van der Waals surface area (Å²) in [5.41, 5.74) is 4.13. The summed E-state index contributed by atoms with van der Waals surface area (Å²) in [6, 6.07) is 13.6. The van der Waals surface area contributed by atoms with Crippen LogP contribution in [0.15, 0.2) is 42.5 Å². The van der Waals surface area contributed by atoms with Gasteiger partial charge in [0.1, 0.15) is 0 Å². The van der Waals surface area contributed by atoms with Gasteiger partial charge in [-0.3, -0.25) is 4.79 Å². The average Bonchev–Trinajstić information content (AvgIpc) is 3.43. The molecule has 6 nitrogen and oxygen atoms in total. The van der Waals surface area contributed by atoms with E-state index >= 15 is 0 Å². The number of carbonyl (C=O) groups is 2. The highest BCUT2D eigenvalue weighted by Gasteiger charge is 2.29. The minimum Gasteiger partial charge on any atom is -0.478 e. The van der Waals surface area contributed by atoms with Gasteiger partial charge in [-0.05, 0) is 43.0 Å². The molecule has 6 heteroatoms. The third kappa shape index (κ3) is 3.14. The smallest absolute Gasteiger partial charge is 0.335 e. The number of nitrogens with zero attached hydrogens (tertiary/aromatic N) is 3. The second-order valence-electron chi connectivity index (χ2n) is 8.10. The van der Waals surface area contributed by atoms with Gasteiger partial charge in [-0.2, -0.15) is 0 Å². The lowest BCUT2D eigenvalue weighted by Crippen LogP contribution is -2.16. The van der Waals surface area contributed by atoms with E-state index in [0.29, 0.717) is 30.0 Å². The molecule has 2 aromatic carbocycles. The number of hydrogen-bond donors (Lipinski definition) is 1. The molecular formula is C25H25N3O3. The van der Waals surface area contributed by atoms with E-state index in [0.717, 1.165) is 23.6 Å². The molecule has 31 heavy (non-hydrogen) atoms. The van der Waals surface area contributed by atoms with Crippen molar-refractivity contribution in [2.45, 2.75) is 46.2 Å². The molecule has 4 aromatic rings. The summed E-state index contributed by atoms with van der Waals surface area (Å²) >= 11 is 0. The normalized spacial score (nSPS) is 15.2. The van der Waals surface area contributed by atoms with Crippen LogP contribution in [0.2, 0.25) is 0 Å². The van der Waals surface area contributed by atoms with Crippen molar-refractivity contribution in [3.8, 4) is 11.5 Å². The van der Waals surface area contributed by atoms with Crippen LogP contribution in [0.3, 0.4) is 0 Å². The SMILES string of the molecule is CC.O=C(O)c1cc2c3c(c1)nc(-c1cc4ccccc4n1CC1CC1)n3CCC2=O. The Morgan fingerprint density at radius 2 is 1.94 bits per heavy atom. The molecule has 1 saturated carbocycles. The van der Waals surface area contributed by atoms with Gasteiger partial charge in [-0.15, -0.1) is 0 Å². The number of carboxylic acid groups (broad SMARTS) is 1.